The van der Waals surface area contributed by atoms with Gasteiger partial charge >= 0.3 is 0 Å². The molecule has 98 valence electrons. The second-order valence-corrected chi connectivity index (χ2v) is 4.89. The zero-order valence-corrected chi connectivity index (χ0v) is 11.1. The highest BCUT2D eigenvalue weighted by Crippen LogP contribution is 2.22. The van der Waals surface area contributed by atoms with Crippen molar-refractivity contribution in [1.29, 1.82) is 0 Å². The van der Waals surface area contributed by atoms with Crippen LogP contribution in [0.2, 0.25) is 0 Å². The van der Waals surface area contributed by atoms with Gasteiger partial charge in [0.05, 0.1) is 23.9 Å². The average molecular weight is 255 g/mol. The molecule has 0 aromatic carbocycles. The molecule has 19 heavy (non-hydrogen) atoms. The van der Waals surface area contributed by atoms with Crippen molar-refractivity contribution in [1.82, 2.24) is 14.5 Å². The summed E-state index contributed by atoms with van der Waals surface area (Å²) < 4.78 is 2.10. The number of Topliss-reactive ketones (excluding diaryl/α,β-unsaturated/α-hetero) is 1. The van der Waals surface area contributed by atoms with Crippen molar-refractivity contribution < 1.29 is 4.79 Å². The second kappa shape index (κ2) is 4.96. The van der Waals surface area contributed by atoms with Crippen LogP contribution in [-0.4, -0.2) is 20.3 Å². The SMILES string of the molecule is CCC(=O)c1ccc(-n2cnc3c2CCCC3)cn1. The molecule has 1 aliphatic carbocycles. The molecule has 0 N–H and O–H groups in total. The van der Waals surface area contributed by atoms with Crippen molar-refractivity contribution in [3.8, 4) is 5.69 Å². The van der Waals surface area contributed by atoms with E-state index in [2.05, 4.69) is 14.5 Å². The first-order valence-electron chi connectivity index (χ1n) is 6.84. The minimum atomic E-state index is 0.0826. The molecule has 2 aromatic heterocycles. The maximum absolute atomic E-state index is 11.6. The quantitative estimate of drug-likeness (QED) is 0.792. The molecule has 0 fully saturated rings. The Morgan fingerprint density at radius 2 is 2.11 bits per heavy atom. The lowest BCUT2D eigenvalue weighted by atomic mass is 10.0. The molecule has 0 unspecified atom stereocenters. The molecule has 4 nitrogen and oxygen atoms in total. The molecule has 0 aliphatic heterocycles. The maximum atomic E-state index is 11.6. The van der Waals surface area contributed by atoms with Crippen LogP contribution in [0.5, 0.6) is 0 Å². The summed E-state index contributed by atoms with van der Waals surface area (Å²) in [6, 6.07) is 3.75. The van der Waals surface area contributed by atoms with Crippen LogP contribution >= 0.6 is 0 Å². The van der Waals surface area contributed by atoms with E-state index in [1.165, 1.54) is 24.2 Å². The predicted molar refractivity (Wildman–Crippen MR) is 72.6 cm³/mol. The number of pyridine rings is 1. The van der Waals surface area contributed by atoms with Gasteiger partial charge in [0.15, 0.2) is 5.78 Å². The Bertz CT molecular complexity index is 598. The third kappa shape index (κ3) is 2.18. The summed E-state index contributed by atoms with van der Waals surface area (Å²) in [7, 11) is 0. The summed E-state index contributed by atoms with van der Waals surface area (Å²) in [5.41, 5.74) is 4.03. The first-order chi connectivity index (χ1) is 9.29. The van der Waals surface area contributed by atoms with Crippen molar-refractivity contribution in [2.75, 3.05) is 0 Å². The lowest BCUT2D eigenvalue weighted by Gasteiger charge is -2.13. The van der Waals surface area contributed by atoms with Gasteiger partial charge in [0.2, 0.25) is 0 Å². The molecule has 0 bridgehead atoms. The highest BCUT2D eigenvalue weighted by atomic mass is 16.1. The fourth-order valence-electron chi connectivity index (χ4n) is 2.57. The number of aromatic nitrogens is 3. The monoisotopic (exact) mass is 255 g/mol. The number of fused-ring (bicyclic) bond motifs is 1. The second-order valence-electron chi connectivity index (χ2n) is 4.89. The van der Waals surface area contributed by atoms with Gasteiger partial charge in [0.1, 0.15) is 5.69 Å². The Balaban J connectivity index is 1.94. The van der Waals surface area contributed by atoms with Crippen molar-refractivity contribution >= 4 is 5.78 Å². The number of rotatable bonds is 3. The van der Waals surface area contributed by atoms with E-state index in [1.807, 2.05) is 19.3 Å². The molecule has 2 aromatic rings. The van der Waals surface area contributed by atoms with E-state index in [-0.39, 0.29) is 5.78 Å². The highest BCUT2D eigenvalue weighted by molar-refractivity contribution is 5.93. The average Bonchev–Trinajstić information content (AvgIpc) is 2.90. The Hall–Kier alpha value is -1.97. The Labute approximate surface area is 112 Å². The minimum absolute atomic E-state index is 0.0826. The van der Waals surface area contributed by atoms with Crippen LogP contribution in [0.1, 0.15) is 48.1 Å². The zero-order valence-electron chi connectivity index (χ0n) is 11.1. The first kappa shape index (κ1) is 12.1. The third-order valence-corrected chi connectivity index (χ3v) is 3.66. The number of nitrogens with zero attached hydrogens (tertiary/aromatic N) is 3. The molecule has 0 radical (unpaired) electrons. The number of imidazole rings is 1. The predicted octanol–water partition coefficient (Wildman–Crippen LogP) is 2.74. The first-order valence-corrected chi connectivity index (χ1v) is 6.84. The Morgan fingerprint density at radius 1 is 1.26 bits per heavy atom. The molecule has 0 saturated carbocycles. The van der Waals surface area contributed by atoms with E-state index in [0.717, 1.165) is 18.5 Å². The van der Waals surface area contributed by atoms with Crippen molar-refractivity contribution in [3.05, 3.63) is 41.7 Å². The number of carbonyl (C=O) groups excluding carboxylic acids is 1. The number of ketones is 1. The smallest absolute Gasteiger partial charge is 0.180 e. The standard InChI is InChI=1S/C15H17N3O/c1-2-15(19)13-8-7-11(9-16-13)18-10-17-12-5-3-4-6-14(12)18/h7-10H,2-6H2,1H3. The van der Waals surface area contributed by atoms with Gasteiger partial charge in [0, 0.05) is 12.1 Å². The molecular weight excluding hydrogens is 238 g/mol. The number of carbonyl (C=O) groups is 1. The van der Waals surface area contributed by atoms with E-state index in [1.54, 1.807) is 12.3 Å². The number of hydrogen-bond donors (Lipinski definition) is 0. The molecule has 3 rings (SSSR count). The van der Waals surface area contributed by atoms with Crippen LogP contribution in [0.25, 0.3) is 5.69 Å². The largest absolute Gasteiger partial charge is 0.301 e. The summed E-state index contributed by atoms with van der Waals surface area (Å²) in [4.78, 5) is 20.3. The number of hydrogen-bond acceptors (Lipinski definition) is 3. The molecule has 0 spiro atoms. The maximum Gasteiger partial charge on any atom is 0.180 e. The van der Waals surface area contributed by atoms with Crippen LogP contribution in [0.3, 0.4) is 0 Å². The fourth-order valence-corrected chi connectivity index (χ4v) is 2.57. The van der Waals surface area contributed by atoms with E-state index >= 15 is 0 Å². The molecule has 0 atom stereocenters. The highest BCUT2D eigenvalue weighted by Gasteiger charge is 2.16. The fraction of sp³-hybridized carbons (Fsp3) is 0.400. The van der Waals surface area contributed by atoms with Crippen LogP contribution in [0.15, 0.2) is 24.7 Å². The van der Waals surface area contributed by atoms with E-state index in [9.17, 15) is 4.79 Å². The molecular formula is C15H17N3O. The van der Waals surface area contributed by atoms with E-state index in [4.69, 9.17) is 0 Å². The Kier molecular flexibility index (Phi) is 3.15. The zero-order chi connectivity index (χ0) is 13.2. The topological polar surface area (TPSA) is 47.8 Å². The van der Waals surface area contributed by atoms with E-state index < -0.39 is 0 Å². The summed E-state index contributed by atoms with van der Waals surface area (Å²) >= 11 is 0. The molecule has 0 amide bonds. The lowest BCUT2D eigenvalue weighted by Crippen LogP contribution is -2.08. The Morgan fingerprint density at radius 3 is 2.84 bits per heavy atom. The van der Waals surface area contributed by atoms with Crippen LogP contribution in [-0.2, 0) is 12.8 Å². The normalized spacial score (nSPS) is 14.2. The molecule has 1 aliphatic rings. The summed E-state index contributed by atoms with van der Waals surface area (Å²) in [5.74, 6) is 0.0826. The van der Waals surface area contributed by atoms with Crippen molar-refractivity contribution in [2.24, 2.45) is 0 Å². The summed E-state index contributed by atoms with van der Waals surface area (Å²) in [6.45, 7) is 1.85. The van der Waals surface area contributed by atoms with Gasteiger partial charge in [-0.2, -0.15) is 0 Å². The van der Waals surface area contributed by atoms with Gasteiger partial charge in [-0.15, -0.1) is 0 Å². The van der Waals surface area contributed by atoms with Crippen molar-refractivity contribution in [3.63, 3.8) is 0 Å². The van der Waals surface area contributed by atoms with Crippen LogP contribution in [0.4, 0.5) is 0 Å². The third-order valence-electron chi connectivity index (χ3n) is 3.66. The van der Waals surface area contributed by atoms with Gasteiger partial charge in [0.25, 0.3) is 0 Å². The number of aryl methyl sites for hydroxylation is 1. The van der Waals surface area contributed by atoms with Gasteiger partial charge in [-0.05, 0) is 37.8 Å². The summed E-state index contributed by atoms with van der Waals surface area (Å²) in [6.07, 6.45) is 8.72. The molecule has 0 saturated heterocycles. The molecule has 2 heterocycles. The van der Waals surface area contributed by atoms with Gasteiger partial charge in [-0.25, -0.2) is 4.98 Å². The van der Waals surface area contributed by atoms with E-state index in [0.29, 0.717) is 12.1 Å². The lowest BCUT2D eigenvalue weighted by molar-refractivity contribution is 0.0983. The van der Waals surface area contributed by atoms with Gasteiger partial charge in [-0.3, -0.25) is 9.78 Å². The summed E-state index contributed by atoms with van der Waals surface area (Å²) in [5, 5.41) is 0. The molecule has 4 heteroatoms. The van der Waals surface area contributed by atoms with Crippen molar-refractivity contribution in [2.45, 2.75) is 39.0 Å². The van der Waals surface area contributed by atoms with Gasteiger partial charge in [-0.1, -0.05) is 6.92 Å². The van der Waals surface area contributed by atoms with Crippen LogP contribution in [0, 0.1) is 0 Å². The van der Waals surface area contributed by atoms with Crippen LogP contribution < -0.4 is 0 Å². The van der Waals surface area contributed by atoms with Gasteiger partial charge < -0.3 is 4.57 Å². The minimum Gasteiger partial charge on any atom is -0.301 e.